The van der Waals surface area contributed by atoms with E-state index < -0.39 is 0 Å². The third-order valence-electron chi connectivity index (χ3n) is 5.03. The van der Waals surface area contributed by atoms with Gasteiger partial charge in [0.05, 0.1) is 12.7 Å². The Bertz CT molecular complexity index is 570. The van der Waals surface area contributed by atoms with Crippen LogP contribution in [-0.4, -0.2) is 76.6 Å². The van der Waals surface area contributed by atoms with E-state index >= 15 is 0 Å². The molecule has 0 bridgehead atoms. The Kier molecular flexibility index (Phi) is 11.5. The monoisotopic (exact) mass is 406 g/mol. The number of aliphatic imine (C=N–C) groups is 1. The number of likely N-dealkylation sites (N-methyl/N-ethyl adjacent to an activating group) is 1. The quantitative estimate of drug-likeness (QED) is 0.298. The molecule has 1 aromatic carbocycles. The molecule has 1 fully saturated rings. The molecule has 1 aliphatic rings. The minimum atomic E-state index is 0.275. The van der Waals surface area contributed by atoms with Gasteiger partial charge in [-0.15, -0.1) is 0 Å². The highest BCUT2D eigenvalue weighted by Crippen LogP contribution is 2.12. The molecule has 0 amide bonds. The highest BCUT2D eigenvalue weighted by molar-refractivity contribution is 5.79. The first-order valence-electron chi connectivity index (χ1n) is 10.8. The van der Waals surface area contributed by atoms with Crippen LogP contribution in [0.25, 0.3) is 0 Å². The predicted molar refractivity (Wildman–Crippen MR) is 118 cm³/mol. The summed E-state index contributed by atoms with van der Waals surface area (Å²) in [5.74, 6) is 1.71. The van der Waals surface area contributed by atoms with Crippen molar-refractivity contribution in [2.45, 2.75) is 39.3 Å². The van der Waals surface area contributed by atoms with Crippen LogP contribution < -0.4 is 15.4 Å². The summed E-state index contributed by atoms with van der Waals surface area (Å²) in [5.41, 5.74) is 1.19. The van der Waals surface area contributed by atoms with Gasteiger partial charge in [-0.1, -0.05) is 26.0 Å². The maximum atomic E-state index is 5.84. The number of rotatable bonds is 13. The Labute approximate surface area is 175 Å². The summed E-state index contributed by atoms with van der Waals surface area (Å²) in [7, 11) is 1.79. The Morgan fingerprint density at radius 3 is 2.62 bits per heavy atom. The fraction of sp³-hybridized carbons (Fsp3) is 0.682. The molecule has 0 radical (unpaired) electrons. The van der Waals surface area contributed by atoms with Crippen LogP contribution >= 0.6 is 0 Å². The largest absolute Gasteiger partial charge is 0.492 e. The lowest BCUT2D eigenvalue weighted by atomic mass is 10.2. The van der Waals surface area contributed by atoms with Crippen LogP contribution in [-0.2, 0) is 16.0 Å². The highest BCUT2D eigenvalue weighted by atomic mass is 16.5. The smallest absolute Gasteiger partial charge is 0.191 e. The lowest BCUT2D eigenvalue weighted by Gasteiger charge is -2.18. The molecule has 0 aromatic heterocycles. The second-order valence-corrected chi connectivity index (χ2v) is 7.08. The van der Waals surface area contributed by atoms with Crippen molar-refractivity contribution >= 4 is 5.96 Å². The summed E-state index contributed by atoms with van der Waals surface area (Å²) in [6.45, 7) is 12.0. The Morgan fingerprint density at radius 2 is 1.97 bits per heavy atom. The first-order chi connectivity index (χ1) is 14.2. The Morgan fingerprint density at radius 1 is 1.17 bits per heavy atom. The zero-order valence-corrected chi connectivity index (χ0v) is 18.3. The zero-order chi connectivity index (χ0) is 20.7. The molecule has 0 saturated carbocycles. The third kappa shape index (κ3) is 9.47. The van der Waals surface area contributed by atoms with E-state index in [1.165, 1.54) is 5.56 Å². The van der Waals surface area contributed by atoms with Crippen molar-refractivity contribution in [2.24, 2.45) is 4.99 Å². The summed E-state index contributed by atoms with van der Waals surface area (Å²) in [6, 6.07) is 8.23. The summed E-state index contributed by atoms with van der Waals surface area (Å²) in [5, 5.41) is 6.67. The molecule has 29 heavy (non-hydrogen) atoms. The van der Waals surface area contributed by atoms with Gasteiger partial charge in [0.1, 0.15) is 12.4 Å². The molecule has 1 aromatic rings. The highest BCUT2D eigenvalue weighted by Gasteiger charge is 2.15. The van der Waals surface area contributed by atoms with Crippen LogP contribution in [0, 0.1) is 0 Å². The molecule has 1 aliphatic heterocycles. The normalized spacial score (nSPS) is 17.0. The number of nitrogens with zero attached hydrogens (tertiary/aromatic N) is 2. The molecule has 2 rings (SSSR count). The van der Waals surface area contributed by atoms with E-state index in [2.05, 4.69) is 46.5 Å². The summed E-state index contributed by atoms with van der Waals surface area (Å²) >= 11 is 0. The van der Waals surface area contributed by atoms with Crippen molar-refractivity contribution in [1.29, 1.82) is 0 Å². The molecule has 1 unspecified atom stereocenters. The average Bonchev–Trinajstić information content (AvgIpc) is 3.27. The van der Waals surface area contributed by atoms with Crippen LogP contribution in [0.3, 0.4) is 0 Å². The van der Waals surface area contributed by atoms with Gasteiger partial charge in [-0.05, 0) is 43.6 Å². The number of hydrogen-bond donors (Lipinski definition) is 2. The van der Waals surface area contributed by atoms with Crippen molar-refractivity contribution in [3.8, 4) is 5.75 Å². The molecule has 7 heteroatoms. The fourth-order valence-electron chi connectivity index (χ4n) is 3.12. The van der Waals surface area contributed by atoms with E-state index in [0.29, 0.717) is 6.61 Å². The predicted octanol–water partition coefficient (Wildman–Crippen LogP) is 2.27. The van der Waals surface area contributed by atoms with Crippen LogP contribution in [0.4, 0.5) is 0 Å². The van der Waals surface area contributed by atoms with Gasteiger partial charge in [-0.3, -0.25) is 4.99 Å². The van der Waals surface area contributed by atoms with E-state index in [1.54, 1.807) is 7.05 Å². The van der Waals surface area contributed by atoms with E-state index in [0.717, 1.165) is 77.1 Å². The summed E-state index contributed by atoms with van der Waals surface area (Å²) in [4.78, 5) is 6.63. The molecule has 1 saturated heterocycles. The molecule has 0 spiro atoms. The Balaban J connectivity index is 1.59. The topological polar surface area (TPSA) is 67.4 Å². The van der Waals surface area contributed by atoms with Crippen molar-refractivity contribution in [1.82, 2.24) is 15.5 Å². The van der Waals surface area contributed by atoms with E-state index in [9.17, 15) is 0 Å². The standard InChI is InChI=1S/C22H38N4O3/c1-4-26(5-2)13-16-29-20-9-7-19(8-10-20)17-25-22(23-3)24-12-6-14-28-21-11-15-27-18-21/h7-10,21H,4-6,11-18H2,1-3H3,(H2,23,24,25). The van der Waals surface area contributed by atoms with E-state index in [1.807, 2.05) is 12.1 Å². The number of nitrogens with one attached hydrogen (secondary N) is 2. The summed E-state index contributed by atoms with van der Waals surface area (Å²) < 4.78 is 16.9. The van der Waals surface area contributed by atoms with Gasteiger partial charge in [-0.2, -0.15) is 0 Å². The molecule has 1 atom stereocenters. The Hall–Kier alpha value is -1.83. The van der Waals surface area contributed by atoms with Gasteiger partial charge < -0.3 is 29.7 Å². The van der Waals surface area contributed by atoms with E-state index in [-0.39, 0.29) is 6.10 Å². The van der Waals surface area contributed by atoms with Gasteiger partial charge in [0, 0.05) is 39.9 Å². The number of guanidine groups is 1. The van der Waals surface area contributed by atoms with E-state index in [4.69, 9.17) is 14.2 Å². The van der Waals surface area contributed by atoms with Crippen molar-refractivity contribution in [3.05, 3.63) is 29.8 Å². The minimum absolute atomic E-state index is 0.275. The molecule has 1 heterocycles. The first-order valence-corrected chi connectivity index (χ1v) is 10.8. The SMILES string of the molecule is CCN(CC)CCOc1ccc(CNC(=NC)NCCCOC2CCOC2)cc1. The van der Waals surface area contributed by atoms with Gasteiger partial charge in [-0.25, -0.2) is 0 Å². The van der Waals surface area contributed by atoms with Gasteiger partial charge in [0.25, 0.3) is 0 Å². The van der Waals surface area contributed by atoms with Gasteiger partial charge in [0.2, 0.25) is 0 Å². The lowest BCUT2D eigenvalue weighted by molar-refractivity contribution is 0.0420. The van der Waals surface area contributed by atoms with Gasteiger partial charge in [0.15, 0.2) is 5.96 Å². The zero-order valence-electron chi connectivity index (χ0n) is 18.3. The second-order valence-electron chi connectivity index (χ2n) is 7.08. The lowest BCUT2D eigenvalue weighted by Crippen LogP contribution is -2.37. The maximum absolute atomic E-state index is 5.84. The average molecular weight is 407 g/mol. The first kappa shape index (κ1) is 23.4. The molecule has 164 valence electrons. The van der Waals surface area contributed by atoms with Gasteiger partial charge >= 0.3 is 0 Å². The van der Waals surface area contributed by atoms with Crippen LogP contribution in [0.15, 0.2) is 29.3 Å². The summed E-state index contributed by atoms with van der Waals surface area (Å²) in [6.07, 6.45) is 2.23. The van der Waals surface area contributed by atoms with Crippen LogP contribution in [0.1, 0.15) is 32.3 Å². The van der Waals surface area contributed by atoms with Crippen molar-refractivity contribution in [3.63, 3.8) is 0 Å². The second kappa shape index (κ2) is 14.2. The molecule has 0 aliphatic carbocycles. The van der Waals surface area contributed by atoms with Crippen LogP contribution in [0.5, 0.6) is 5.75 Å². The maximum Gasteiger partial charge on any atom is 0.191 e. The molecular weight excluding hydrogens is 368 g/mol. The third-order valence-corrected chi connectivity index (χ3v) is 5.03. The number of benzene rings is 1. The minimum Gasteiger partial charge on any atom is -0.492 e. The van der Waals surface area contributed by atoms with Crippen LogP contribution in [0.2, 0.25) is 0 Å². The number of hydrogen-bond acceptors (Lipinski definition) is 5. The fourth-order valence-corrected chi connectivity index (χ4v) is 3.12. The van der Waals surface area contributed by atoms with Crippen molar-refractivity contribution < 1.29 is 14.2 Å². The molecule has 7 nitrogen and oxygen atoms in total. The molecule has 2 N–H and O–H groups in total. The van der Waals surface area contributed by atoms with Crippen molar-refractivity contribution in [2.75, 3.05) is 59.7 Å². The molecular formula is C22H38N4O3. The number of ether oxygens (including phenoxy) is 3.